The second kappa shape index (κ2) is 2.39. The van der Waals surface area contributed by atoms with E-state index in [1.165, 1.54) is 16.5 Å². The Bertz CT molecular complexity index is 482. The van der Waals surface area contributed by atoms with Gasteiger partial charge in [-0.2, -0.15) is 0 Å². The molecule has 3 rings (SSSR count). The Hall–Kier alpha value is -1.70. The summed E-state index contributed by atoms with van der Waals surface area (Å²) in [5.74, 6) is 0.970. The molecule has 2 heteroatoms. The number of allylic oxidation sites excluding steroid dienone is 1. The van der Waals surface area contributed by atoms with Crippen molar-refractivity contribution in [1.29, 1.82) is 0 Å². The van der Waals surface area contributed by atoms with Gasteiger partial charge in [0, 0.05) is 11.8 Å². The molecule has 1 aromatic heterocycles. The summed E-state index contributed by atoms with van der Waals surface area (Å²) < 4.78 is 5.40. The smallest absolute Gasteiger partial charge is 0.132 e. The molecule has 0 aliphatic carbocycles. The molecule has 0 saturated heterocycles. The zero-order chi connectivity index (χ0) is 8.67. The van der Waals surface area contributed by atoms with Gasteiger partial charge in [0.15, 0.2) is 0 Å². The van der Waals surface area contributed by atoms with Gasteiger partial charge in [-0.25, -0.2) is 0 Å². The molecule has 0 saturated carbocycles. The van der Waals surface area contributed by atoms with Crippen molar-refractivity contribution in [3.8, 4) is 5.75 Å². The minimum Gasteiger partial charge on any atom is -0.465 e. The van der Waals surface area contributed by atoms with Crippen molar-refractivity contribution < 1.29 is 4.74 Å². The first kappa shape index (κ1) is 6.78. The number of hydrogen-bond acceptors (Lipinski definition) is 1. The lowest BCUT2D eigenvalue weighted by Crippen LogP contribution is -1.96. The third-order valence-corrected chi connectivity index (χ3v) is 2.41. The lowest BCUT2D eigenvalue weighted by Gasteiger charge is -2.11. The van der Waals surface area contributed by atoms with E-state index < -0.39 is 0 Å². The molecular weight excluding hydrogens is 162 g/mol. The van der Waals surface area contributed by atoms with Gasteiger partial charge in [-0.3, -0.25) is 0 Å². The van der Waals surface area contributed by atoms with E-state index in [-0.39, 0.29) is 0 Å². The molecule has 0 spiro atoms. The van der Waals surface area contributed by atoms with Crippen LogP contribution in [0.2, 0.25) is 0 Å². The molecule has 64 valence electrons. The highest BCUT2D eigenvalue weighted by atomic mass is 16.5. The molecule has 2 aromatic rings. The topological polar surface area (TPSA) is 25.0 Å². The van der Waals surface area contributed by atoms with E-state index in [4.69, 9.17) is 4.74 Å². The summed E-state index contributed by atoms with van der Waals surface area (Å²) in [6.07, 6.45) is 6.69. The Morgan fingerprint density at radius 2 is 2.23 bits per heavy atom. The summed E-state index contributed by atoms with van der Waals surface area (Å²) >= 11 is 0. The molecule has 1 N–H and O–H groups in total. The Kier molecular flexibility index (Phi) is 1.25. The number of aromatic amines is 1. The van der Waals surface area contributed by atoms with E-state index in [2.05, 4.69) is 17.1 Å². The highest BCUT2D eigenvalue weighted by molar-refractivity contribution is 5.85. The van der Waals surface area contributed by atoms with Crippen LogP contribution in [0, 0.1) is 0 Å². The van der Waals surface area contributed by atoms with Gasteiger partial charge in [0.2, 0.25) is 0 Å². The Balaban J connectivity index is 2.38. The van der Waals surface area contributed by atoms with Crippen molar-refractivity contribution in [2.24, 2.45) is 0 Å². The zero-order valence-electron chi connectivity index (χ0n) is 7.08. The fourth-order valence-corrected chi connectivity index (χ4v) is 1.77. The fourth-order valence-electron chi connectivity index (χ4n) is 1.77. The average molecular weight is 171 g/mol. The SMILES string of the molecule is C1=COc2ccc3cc[nH]c3c2C1. The van der Waals surface area contributed by atoms with Crippen molar-refractivity contribution in [2.45, 2.75) is 6.42 Å². The van der Waals surface area contributed by atoms with E-state index in [0.29, 0.717) is 0 Å². The van der Waals surface area contributed by atoms with Crippen molar-refractivity contribution in [1.82, 2.24) is 4.98 Å². The van der Waals surface area contributed by atoms with Crippen molar-refractivity contribution in [2.75, 3.05) is 0 Å². The highest BCUT2D eigenvalue weighted by Crippen LogP contribution is 2.29. The molecule has 1 aliphatic rings. The summed E-state index contributed by atoms with van der Waals surface area (Å²) in [6, 6.07) is 6.17. The molecule has 2 heterocycles. The normalized spacial score (nSPS) is 14.2. The third-order valence-electron chi connectivity index (χ3n) is 2.41. The van der Waals surface area contributed by atoms with Gasteiger partial charge in [-0.1, -0.05) is 0 Å². The van der Waals surface area contributed by atoms with Crippen LogP contribution in [0.4, 0.5) is 0 Å². The Morgan fingerprint density at radius 3 is 3.23 bits per heavy atom. The maximum absolute atomic E-state index is 5.40. The monoisotopic (exact) mass is 171 g/mol. The van der Waals surface area contributed by atoms with Crippen molar-refractivity contribution in [3.63, 3.8) is 0 Å². The van der Waals surface area contributed by atoms with Crippen LogP contribution in [-0.4, -0.2) is 4.98 Å². The van der Waals surface area contributed by atoms with Gasteiger partial charge in [0.1, 0.15) is 5.75 Å². The number of benzene rings is 1. The van der Waals surface area contributed by atoms with Crippen molar-refractivity contribution >= 4 is 10.9 Å². The average Bonchev–Trinajstić information content (AvgIpc) is 2.65. The standard InChI is InChI=1S/C11H9NO/c1-2-9-10(13-7-1)4-3-8-5-6-12-11(8)9/h1,3-7,12H,2H2. The molecule has 0 fully saturated rings. The number of nitrogens with one attached hydrogen (secondary N) is 1. The third kappa shape index (κ3) is 0.886. The fraction of sp³-hybridized carbons (Fsp3) is 0.0909. The van der Waals surface area contributed by atoms with Crippen LogP contribution in [0.25, 0.3) is 10.9 Å². The number of H-pyrrole nitrogens is 1. The number of hydrogen-bond donors (Lipinski definition) is 1. The number of ether oxygens (including phenoxy) is 1. The molecule has 0 amide bonds. The second-order valence-electron chi connectivity index (χ2n) is 3.18. The molecule has 2 nitrogen and oxygen atoms in total. The van der Waals surface area contributed by atoms with Crippen LogP contribution in [0.15, 0.2) is 36.7 Å². The minimum atomic E-state index is 0.952. The maximum Gasteiger partial charge on any atom is 0.132 e. The van der Waals surface area contributed by atoms with E-state index in [0.717, 1.165) is 12.2 Å². The zero-order valence-corrected chi connectivity index (χ0v) is 7.08. The largest absolute Gasteiger partial charge is 0.465 e. The van der Waals surface area contributed by atoms with Crippen LogP contribution in [0.1, 0.15) is 5.56 Å². The van der Waals surface area contributed by atoms with Crippen molar-refractivity contribution in [3.05, 3.63) is 42.3 Å². The van der Waals surface area contributed by atoms with Gasteiger partial charge in [-0.05, 0) is 36.1 Å². The van der Waals surface area contributed by atoms with Gasteiger partial charge in [0.25, 0.3) is 0 Å². The van der Waals surface area contributed by atoms with Crippen LogP contribution in [0.5, 0.6) is 5.75 Å². The van der Waals surface area contributed by atoms with Crippen LogP contribution in [0.3, 0.4) is 0 Å². The van der Waals surface area contributed by atoms with E-state index in [9.17, 15) is 0 Å². The highest BCUT2D eigenvalue weighted by Gasteiger charge is 2.10. The lowest BCUT2D eigenvalue weighted by molar-refractivity contribution is 0.466. The molecule has 0 bridgehead atoms. The summed E-state index contributed by atoms with van der Waals surface area (Å²) in [6.45, 7) is 0. The first-order valence-corrected chi connectivity index (χ1v) is 4.36. The van der Waals surface area contributed by atoms with Crippen LogP contribution >= 0.6 is 0 Å². The Labute approximate surface area is 75.8 Å². The summed E-state index contributed by atoms with van der Waals surface area (Å²) in [4.78, 5) is 3.23. The van der Waals surface area contributed by atoms with E-state index in [1.54, 1.807) is 6.26 Å². The predicted molar refractivity (Wildman–Crippen MR) is 51.8 cm³/mol. The molecule has 0 unspecified atom stereocenters. The number of aromatic nitrogens is 1. The quantitative estimate of drug-likeness (QED) is 0.647. The van der Waals surface area contributed by atoms with Gasteiger partial charge >= 0.3 is 0 Å². The summed E-state index contributed by atoms with van der Waals surface area (Å²) in [5, 5.41) is 1.25. The summed E-state index contributed by atoms with van der Waals surface area (Å²) in [7, 11) is 0. The maximum atomic E-state index is 5.40. The Morgan fingerprint density at radius 1 is 1.23 bits per heavy atom. The first-order chi connectivity index (χ1) is 6.45. The second-order valence-corrected chi connectivity index (χ2v) is 3.18. The molecular formula is C11H9NO. The van der Waals surface area contributed by atoms with E-state index >= 15 is 0 Å². The first-order valence-electron chi connectivity index (χ1n) is 4.36. The van der Waals surface area contributed by atoms with Gasteiger partial charge in [0.05, 0.1) is 11.8 Å². The van der Waals surface area contributed by atoms with E-state index in [1.807, 2.05) is 18.3 Å². The minimum absolute atomic E-state index is 0.952. The number of fused-ring (bicyclic) bond motifs is 3. The van der Waals surface area contributed by atoms with Crippen LogP contribution < -0.4 is 4.74 Å². The predicted octanol–water partition coefficient (Wildman–Crippen LogP) is 2.62. The summed E-state index contributed by atoms with van der Waals surface area (Å²) in [5.41, 5.74) is 2.45. The molecule has 1 aliphatic heterocycles. The molecule has 1 aromatic carbocycles. The molecule has 0 atom stereocenters. The molecule has 13 heavy (non-hydrogen) atoms. The lowest BCUT2D eigenvalue weighted by atomic mass is 10.1. The van der Waals surface area contributed by atoms with Gasteiger partial charge in [-0.15, -0.1) is 0 Å². The van der Waals surface area contributed by atoms with Crippen LogP contribution in [-0.2, 0) is 6.42 Å². The van der Waals surface area contributed by atoms with Gasteiger partial charge < -0.3 is 9.72 Å². The number of rotatable bonds is 0. The molecule has 0 radical (unpaired) electrons.